The fourth-order valence-corrected chi connectivity index (χ4v) is 1.25. The molecule has 0 bridgehead atoms. The van der Waals surface area contributed by atoms with Gasteiger partial charge in [0.1, 0.15) is 0 Å². The maximum Gasteiger partial charge on any atom is 0.492 e. The van der Waals surface area contributed by atoms with Crippen molar-refractivity contribution in [1.82, 2.24) is 0 Å². The summed E-state index contributed by atoms with van der Waals surface area (Å²) >= 11 is 0. The summed E-state index contributed by atoms with van der Waals surface area (Å²) < 4.78 is 0. The van der Waals surface area contributed by atoms with Gasteiger partial charge < -0.3 is 10.0 Å². The SMILES string of the molecule is O=C1C=C(B(O)O)C(=O)C2=C1C2. The van der Waals surface area contributed by atoms with Crippen LogP contribution in [0.3, 0.4) is 0 Å². The summed E-state index contributed by atoms with van der Waals surface area (Å²) in [5, 5.41) is 17.4. The maximum atomic E-state index is 11.2. The minimum absolute atomic E-state index is 0.212. The number of hydrogen-bond acceptors (Lipinski definition) is 4. The van der Waals surface area contributed by atoms with Crippen LogP contribution in [0.2, 0.25) is 0 Å². The van der Waals surface area contributed by atoms with E-state index in [4.69, 9.17) is 10.0 Å². The molecule has 0 aliphatic heterocycles. The van der Waals surface area contributed by atoms with Crippen LogP contribution in [-0.2, 0) is 9.59 Å². The lowest BCUT2D eigenvalue weighted by molar-refractivity contribution is -0.114. The van der Waals surface area contributed by atoms with Crippen molar-refractivity contribution in [2.45, 2.75) is 6.42 Å². The predicted octanol–water partition coefficient (Wildman–Crippen LogP) is -1.22. The average Bonchev–Trinajstić information content (AvgIpc) is 2.74. The molecule has 12 heavy (non-hydrogen) atoms. The molecule has 0 saturated heterocycles. The van der Waals surface area contributed by atoms with Gasteiger partial charge in [0, 0.05) is 23.0 Å². The van der Waals surface area contributed by atoms with Crippen molar-refractivity contribution in [2.24, 2.45) is 0 Å². The van der Waals surface area contributed by atoms with E-state index in [0.29, 0.717) is 17.6 Å². The Hall–Kier alpha value is -1.20. The van der Waals surface area contributed by atoms with Gasteiger partial charge in [-0.3, -0.25) is 9.59 Å². The number of allylic oxidation sites excluding steroid dienone is 4. The van der Waals surface area contributed by atoms with E-state index in [9.17, 15) is 9.59 Å². The normalized spacial score (nSPS) is 20.7. The van der Waals surface area contributed by atoms with Crippen LogP contribution in [0.4, 0.5) is 0 Å². The molecule has 0 amide bonds. The van der Waals surface area contributed by atoms with E-state index in [0.717, 1.165) is 6.08 Å². The predicted molar refractivity (Wildman–Crippen MR) is 39.9 cm³/mol. The second-order valence-corrected chi connectivity index (χ2v) is 2.80. The molecule has 0 spiro atoms. The summed E-state index contributed by atoms with van der Waals surface area (Å²) in [6.07, 6.45) is 1.41. The number of Topliss-reactive ketones (excluding diaryl/α,β-unsaturated/α-hetero) is 1. The lowest BCUT2D eigenvalue weighted by Crippen LogP contribution is -2.24. The Morgan fingerprint density at radius 2 is 1.92 bits per heavy atom. The molecule has 0 radical (unpaired) electrons. The second-order valence-electron chi connectivity index (χ2n) is 2.80. The van der Waals surface area contributed by atoms with E-state index in [2.05, 4.69) is 0 Å². The van der Waals surface area contributed by atoms with Gasteiger partial charge in [0.2, 0.25) is 0 Å². The summed E-state index contributed by atoms with van der Waals surface area (Å²) in [7, 11) is -1.84. The van der Waals surface area contributed by atoms with E-state index in [1.807, 2.05) is 0 Å². The highest BCUT2D eigenvalue weighted by atomic mass is 16.4. The third-order valence-electron chi connectivity index (χ3n) is 1.99. The number of ketones is 2. The lowest BCUT2D eigenvalue weighted by atomic mass is 9.74. The van der Waals surface area contributed by atoms with Crippen molar-refractivity contribution in [3.63, 3.8) is 0 Å². The number of carbonyl (C=O) groups is 2. The van der Waals surface area contributed by atoms with Crippen LogP contribution in [-0.4, -0.2) is 28.7 Å². The molecule has 0 aromatic rings. The van der Waals surface area contributed by atoms with Gasteiger partial charge in [-0.25, -0.2) is 0 Å². The first-order valence-electron chi connectivity index (χ1n) is 3.50. The van der Waals surface area contributed by atoms with Crippen molar-refractivity contribution in [3.05, 3.63) is 22.7 Å². The van der Waals surface area contributed by atoms with Gasteiger partial charge in [-0.2, -0.15) is 0 Å². The minimum Gasteiger partial charge on any atom is -0.423 e. The zero-order valence-corrected chi connectivity index (χ0v) is 6.07. The molecule has 0 aromatic carbocycles. The highest BCUT2D eigenvalue weighted by Gasteiger charge is 2.41. The topological polar surface area (TPSA) is 74.6 Å². The molecule has 2 N–H and O–H groups in total. The van der Waals surface area contributed by atoms with Crippen LogP contribution in [0.15, 0.2) is 22.7 Å². The molecule has 0 aromatic heterocycles. The maximum absolute atomic E-state index is 11.2. The van der Waals surface area contributed by atoms with E-state index in [-0.39, 0.29) is 11.3 Å². The molecular formula is C7H5BO4. The third-order valence-corrected chi connectivity index (χ3v) is 1.99. The number of hydrogen-bond donors (Lipinski definition) is 2. The molecule has 60 valence electrons. The number of carbonyl (C=O) groups excluding carboxylic acids is 2. The summed E-state index contributed by atoms with van der Waals surface area (Å²) in [6, 6.07) is 0. The first-order valence-corrected chi connectivity index (χ1v) is 3.50. The number of rotatable bonds is 1. The Morgan fingerprint density at radius 1 is 1.25 bits per heavy atom. The van der Waals surface area contributed by atoms with Crippen LogP contribution < -0.4 is 0 Å². The van der Waals surface area contributed by atoms with E-state index in [1.165, 1.54) is 0 Å². The van der Waals surface area contributed by atoms with Gasteiger partial charge in [-0.05, 0) is 6.08 Å². The van der Waals surface area contributed by atoms with Crippen molar-refractivity contribution in [3.8, 4) is 0 Å². The molecule has 2 aliphatic rings. The first-order chi connectivity index (χ1) is 5.61. The Kier molecular flexibility index (Phi) is 1.34. The molecule has 2 rings (SSSR count). The Morgan fingerprint density at radius 3 is 2.50 bits per heavy atom. The molecule has 0 heterocycles. The van der Waals surface area contributed by atoms with Crippen LogP contribution in [0.5, 0.6) is 0 Å². The van der Waals surface area contributed by atoms with Gasteiger partial charge in [-0.1, -0.05) is 0 Å². The monoisotopic (exact) mass is 164 g/mol. The second kappa shape index (κ2) is 2.15. The van der Waals surface area contributed by atoms with Crippen molar-refractivity contribution < 1.29 is 19.6 Å². The fourth-order valence-electron chi connectivity index (χ4n) is 1.25. The average molecular weight is 164 g/mol. The van der Waals surface area contributed by atoms with Crippen LogP contribution in [0.1, 0.15) is 6.42 Å². The highest BCUT2D eigenvalue weighted by molar-refractivity contribution is 6.62. The van der Waals surface area contributed by atoms with Gasteiger partial charge in [0.05, 0.1) is 0 Å². The van der Waals surface area contributed by atoms with Gasteiger partial charge >= 0.3 is 7.12 Å². The molecular weight excluding hydrogens is 159 g/mol. The van der Waals surface area contributed by atoms with Gasteiger partial charge in [0.15, 0.2) is 11.6 Å². The smallest absolute Gasteiger partial charge is 0.423 e. The standard InChI is InChI=1S/C7H5BO4/c9-6-2-5(8(11)12)7(10)4-1-3(4)6/h2,11-12H,1H2. The summed E-state index contributed by atoms with van der Waals surface area (Å²) in [5.41, 5.74) is 0.742. The molecule has 0 saturated carbocycles. The van der Waals surface area contributed by atoms with E-state index >= 15 is 0 Å². The van der Waals surface area contributed by atoms with Gasteiger partial charge in [-0.15, -0.1) is 0 Å². The molecule has 0 unspecified atom stereocenters. The molecule has 0 atom stereocenters. The van der Waals surface area contributed by atoms with Crippen molar-refractivity contribution in [1.29, 1.82) is 0 Å². The van der Waals surface area contributed by atoms with Crippen LogP contribution in [0, 0.1) is 0 Å². The minimum atomic E-state index is -1.84. The fraction of sp³-hybridized carbons (Fsp3) is 0.143. The summed E-state index contributed by atoms with van der Waals surface area (Å²) in [6.45, 7) is 0. The first kappa shape index (κ1) is 7.45. The quantitative estimate of drug-likeness (QED) is 0.376. The highest BCUT2D eigenvalue weighted by Crippen LogP contribution is 2.38. The zero-order valence-electron chi connectivity index (χ0n) is 6.07. The van der Waals surface area contributed by atoms with Crippen LogP contribution >= 0.6 is 0 Å². The van der Waals surface area contributed by atoms with Crippen LogP contribution in [0.25, 0.3) is 0 Å². The summed E-state index contributed by atoms with van der Waals surface area (Å²) in [5.74, 6) is -0.674. The van der Waals surface area contributed by atoms with E-state index in [1.54, 1.807) is 0 Å². The van der Waals surface area contributed by atoms with Gasteiger partial charge in [0.25, 0.3) is 0 Å². The Bertz CT molecular complexity index is 350. The third kappa shape index (κ3) is 0.872. The molecule has 2 aliphatic carbocycles. The zero-order chi connectivity index (χ0) is 8.88. The molecule has 5 heteroatoms. The Labute approximate surface area is 68.3 Å². The Balaban J connectivity index is 2.37. The van der Waals surface area contributed by atoms with Crippen molar-refractivity contribution in [2.75, 3.05) is 0 Å². The molecule has 4 nitrogen and oxygen atoms in total. The molecule has 0 fully saturated rings. The summed E-state index contributed by atoms with van der Waals surface area (Å²) in [4.78, 5) is 22.1. The van der Waals surface area contributed by atoms with E-state index < -0.39 is 12.9 Å². The lowest BCUT2D eigenvalue weighted by Gasteiger charge is -2.03. The largest absolute Gasteiger partial charge is 0.492 e. The van der Waals surface area contributed by atoms with Crippen molar-refractivity contribution >= 4 is 18.7 Å².